The number of fused-ring (bicyclic) bond motifs is 1. The minimum Gasteiger partial charge on any atom is -0.369 e. The molecule has 1 aliphatic heterocycles. The summed E-state index contributed by atoms with van der Waals surface area (Å²) in [6.45, 7) is 5.30. The first-order valence-electron chi connectivity index (χ1n) is 7.33. The third-order valence-corrected chi connectivity index (χ3v) is 4.05. The summed E-state index contributed by atoms with van der Waals surface area (Å²) in [5.41, 5.74) is 8.96. The maximum atomic E-state index is 12.5. The number of aromatic amines is 1. The van der Waals surface area contributed by atoms with Crippen molar-refractivity contribution in [1.29, 1.82) is 0 Å². The Bertz CT molecular complexity index is 878. The number of Topliss-reactive ketones (excluding diaryl/α,β-unsaturated/α-hetero) is 1. The molecule has 2 aromatic rings. The van der Waals surface area contributed by atoms with Crippen molar-refractivity contribution in [3.63, 3.8) is 0 Å². The summed E-state index contributed by atoms with van der Waals surface area (Å²) >= 11 is 0. The van der Waals surface area contributed by atoms with E-state index in [1.807, 2.05) is 31.2 Å². The molecular weight excluding hydrogens is 292 g/mol. The van der Waals surface area contributed by atoms with Crippen LogP contribution in [0.1, 0.15) is 36.5 Å². The highest BCUT2D eigenvalue weighted by Gasteiger charge is 2.33. The second-order valence-electron chi connectivity index (χ2n) is 5.78. The molecule has 4 N–H and O–H groups in total. The number of anilines is 2. The molecule has 23 heavy (non-hydrogen) atoms. The highest BCUT2D eigenvalue weighted by molar-refractivity contribution is 5.98. The molecule has 0 amide bonds. The minimum absolute atomic E-state index is 0.0444. The van der Waals surface area contributed by atoms with Gasteiger partial charge in [-0.25, -0.2) is 0 Å². The van der Waals surface area contributed by atoms with E-state index in [0.717, 1.165) is 11.1 Å². The van der Waals surface area contributed by atoms with E-state index in [0.29, 0.717) is 22.7 Å². The van der Waals surface area contributed by atoms with E-state index in [9.17, 15) is 9.59 Å². The van der Waals surface area contributed by atoms with Crippen molar-refractivity contribution in [1.82, 2.24) is 9.97 Å². The van der Waals surface area contributed by atoms with Gasteiger partial charge in [0.2, 0.25) is 5.95 Å². The first-order valence-corrected chi connectivity index (χ1v) is 7.33. The number of benzene rings is 1. The van der Waals surface area contributed by atoms with E-state index in [-0.39, 0.29) is 17.3 Å². The molecular formula is C17H18N4O2. The van der Waals surface area contributed by atoms with Crippen LogP contribution in [0.15, 0.2) is 40.3 Å². The Kier molecular flexibility index (Phi) is 3.52. The maximum Gasteiger partial charge on any atom is 0.258 e. The number of hydrogen-bond acceptors (Lipinski definition) is 5. The second kappa shape index (κ2) is 5.39. The van der Waals surface area contributed by atoms with Crippen molar-refractivity contribution in [2.24, 2.45) is 0 Å². The lowest BCUT2D eigenvalue weighted by Crippen LogP contribution is -2.30. The van der Waals surface area contributed by atoms with Crippen LogP contribution in [0.4, 0.5) is 11.8 Å². The number of carbonyl (C=O) groups excluding carboxylic acids is 1. The van der Waals surface area contributed by atoms with Crippen LogP contribution in [0.3, 0.4) is 0 Å². The Labute approximate surface area is 133 Å². The lowest BCUT2D eigenvalue weighted by atomic mass is 9.80. The van der Waals surface area contributed by atoms with Crippen LogP contribution in [-0.2, 0) is 4.79 Å². The van der Waals surface area contributed by atoms with Crippen LogP contribution in [0.2, 0.25) is 0 Å². The average molecular weight is 310 g/mol. The lowest BCUT2D eigenvalue weighted by molar-refractivity contribution is -0.113. The summed E-state index contributed by atoms with van der Waals surface area (Å²) in [6.07, 6.45) is 0. The van der Waals surface area contributed by atoms with Gasteiger partial charge in [0, 0.05) is 17.2 Å². The number of carbonyl (C=O) groups is 1. The molecule has 1 atom stereocenters. The smallest absolute Gasteiger partial charge is 0.258 e. The molecule has 1 unspecified atom stereocenters. The zero-order valence-electron chi connectivity index (χ0n) is 13.2. The molecule has 0 saturated heterocycles. The van der Waals surface area contributed by atoms with E-state index >= 15 is 0 Å². The molecule has 118 valence electrons. The van der Waals surface area contributed by atoms with Crippen LogP contribution < -0.4 is 16.6 Å². The summed E-state index contributed by atoms with van der Waals surface area (Å²) in [5.74, 6) is -0.0917. The number of rotatable bonds is 2. The zero-order valence-corrected chi connectivity index (χ0v) is 13.2. The SMILES string of the molecule is CC(=O)C1=C(C)Nc2nc(N)[nH]c(=O)c2C1c1ccc(C)cc1. The summed E-state index contributed by atoms with van der Waals surface area (Å²) in [6, 6.07) is 7.79. The highest BCUT2D eigenvalue weighted by atomic mass is 16.1. The van der Waals surface area contributed by atoms with Crippen LogP contribution in [0.5, 0.6) is 0 Å². The molecule has 3 rings (SSSR count). The average Bonchev–Trinajstić information content (AvgIpc) is 2.45. The molecule has 1 aliphatic rings. The second-order valence-corrected chi connectivity index (χ2v) is 5.78. The predicted molar refractivity (Wildman–Crippen MR) is 89.3 cm³/mol. The van der Waals surface area contributed by atoms with Crippen LogP contribution in [0.25, 0.3) is 0 Å². The van der Waals surface area contributed by atoms with Gasteiger partial charge in [0.05, 0.1) is 5.56 Å². The Morgan fingerprint density at radius 3 is 2.48 bits per heavy atom. The summed E-state index contributed by atoms with van der Waals surface area (Å²) in [7, 11) is 0. The molecule has 0 radical (unpaired) electrons. The molecule has 1 aromatic carbocycles. The molecule has 0 bridgehead atoms. The molecule has 0 spiro atoms. The topological polar surface area (TPSA) is 101 Å². The number of aryl methyl sites for hydroxylation is 1. The van der Waals surface area contributed by atoms with E-state index in [1.54, 1.807) is 6.92 Å². The number of H-pyrrole nitrogens is 1. The maximum absolute atomic E-state index is 12.5. The number of nitrogens with one attached hydrogen (secondary N) is 2. The van der Waals surface area contributed by atoms with Gasteiger partial charge in [0.25, 0.3) is 5.56 Å². The van der Waals surface area contributed by atoms with Crippen LogP contribution in [-0.4, -0.2) is 15.8 Å². The Morgan fingerprint density at radius 1 is 1.22 bits per heavy atom. The van der Waals surface area contributed by atoms with E-state index in [4.69, 9.17) is 5.73 Å². The fourth-order valence-electron chi connectivity index (χ4n) is 3.03. The number of ketones is 1. The van der Waals surface area contributed by atoms with Gasteiger partial charge >= 0.3 is 0 Å². The number of nitrogen functional groups attached to an aromatic ring is 1. The molecule has 1 aromatic heterocycles. The standard InChI is InChI=1S/C17H18N4O2/c1-8-4-6-11(7-5-8)13-12(10(3)22)9(2)19-15-14(13)16(23)21-17(18)20-15/h4-7,13H,1-3H3,(H4,18,19,20,21,23). The molecule has 6 heteroatoms. The van der Waals surface area contributed by atoms with Crippen molar-refractivity contribution in [3.05, 3.63) is 62.6 Å². The normalized spacial score (nSPS) is 16.7. The van der Waals surface area contributed by atoms with Gasteiger partial charge in [0.1, 0.15) is 5.82 Å². The fourth-order valence-corrected chi connectivity index (χ4v) is 3.03. The fraction of sp³-hybridized carbons (Fsp3) is 0.235. The quantitative estimate of drug-likeness (QED) is 0.788. The first kappa shape index (κ1) is 15.0. The van der Waals surface area contributed by atoms with Gasteiger partial charge in [-0.3, -0.25) is 14.6 Å². The number of nitrogens with zero attached hydrogens (tertiary/aromatic N) is 1. The lowest BCUT2D eigenvalue weighted by Gasteiger charge is -2.28. The largest absolute Gasteiger partial charge is 0.369 e. The first-order chi connectivity index (χ1) is 10.9. The van der Waals surface area contributed by atoms with Crippen molar-refractivity contribution < 1.29 is 4.79 Å². The molecule has 0 saturated carbocycles. The van der Waals surface area contributed by atoms with Crippen LogP contribution in [0, 0.1) is 6.92 Å². The number of allylic oxidation sites excluding steroid dienone is 2. The van der Waals surface area contributed by atoms with Crippen molar-refractivity contribution in [3.8, 4) is 0 Å². The van der Waals surface area contributed by atoms with Crippen molar-refractivity contribution in [2.75, 3.05) is 11.1 Å². The summed E-state index contributed by atoms with van der Waals surface area (Å²) in [5, 5.41) is 3.03. The Hall–Kier alpha value is -2.89. The van der Waals surface area contributed by atoms with Gasteiger partial charge in [-0.2, -0.15) is 4.98 Å². The molecule has 6 nitrogen and oxygen atoms in total. The molecule has 0 aliphatic carbocycles. The van der Waals surface area contributed by atoms with E-state index < -0.39 is 5.92 Å². The predicted octanol–water partition coefficient (Wildman–Crippen LogP) is 2.08. The van der Waals surface area contributed by atoms with E-state index in [2.05, 4.69) is 15.3 Å². The van der Waals surface area contributed by atoms with Gasteiger partial charge < -0.3 is 11.1 Å². The number of hydrogen-bond donors (Lipinski definition) is 3. The monoisotopic (exact) mass is 310 g/mol. The summed E-state index contributed by atoms with van der Waals surface area (Å²) < 4.78 is 0. The number of nitrogens with two attached hydrogens (primary N) is 1. The minimum atomic E-state index is -0.457. The van der Waals surface area contributed by atoms with Gasteiger partial charge in [0.15, 0.2) is 5.78 Å². The van der Waals surface area contributed by atoms with Gasteiger partial charge in [-0.05, 0) is 26.3 Å². The Morgan fingerprint density at radius 2 is 1.87 bits per heavy atom. The Balaban J connectivity index is 2.31. The van der Waals surface area contributed by atoms with Crippen molar-refractivity contribution >= 4 is 17.5 Å². The van der Waals surface area contributed by atoms with Gasteiger partial charge in [-0.1, -0.05) is 29.8 Å². The molecule has 0 fully saturated rings. The van der Waals surface area contributed by atoms with Crippen molar-refractivity contribution in [2.45, 2.75) is 26.7 Å². The van der Waals surface area contributed by atoms with Crippen LogP contribution >= 0.6 is 0 Å². The third-order valence-electron chi connectivity index (χ3n) is 4.05. The van der Waals surface area contributed by atoms with E-state index in [1.165, 1.54) is 6.92 Å². The van der Waals surface area contributed by atoms with Gasteiger partial charge in [-0.15, -0.1) is 0 Å². The highest BCUT2D eigenvalue weighted by Crippen LogP contribution is 2.39. The number of aromatic nitrogens is 2. The third kappa shape index (κ3) is 2.52. The zero-order chi connectivity index (χ0) is 16.7. The summed E-state index contributed by atoms with van der Waals surface area (Å²) in [4.78, 5) is 31.4. The molecule has 2 heterocycles.